The smallest absolute Gasteiger partial charge is 0.329 e. The molecule has 260 valence electrons. The van der Waals surface area contributed by atoms with Crippen LogP contribution in [0, 0.1) is 5.92 Å². The lowest BCUT2D eigenvalue weighted by molar-refractivity contribution is -0.314. The Hall–Kier alpha value is -6.52. The number of hydrogen-bond acceptors (Lipinski definition) is 2. The molecule has 4 nitrogen and oxygen atoms in total. The molecule has 10 rings (SSSR count). The quantitative estimate of drug-likeness (QED) is 0.185. The van der Waals surface area contributed by atoms with Gasteiger partial charge in [0.05, 0.1) is 16.6 Å². The molecule has 1 N–H and O–H groups in total. The molecule has 0 fully saturated rings. The summed E-state index contributed by atoms with van der Waals surface area (Å²) in [5.74, 6) is 1.28. The number of hydrogen-bond donors (Lipinski definition) is 1. The van der Waals surface area contributed by atoms with Gasteiger partial charge in [-0.25, -0.2) is 4.99 Å². The van der Waals surface area contributed by atoms with E-state index in [1.165, 1.54) is 55.4 Å². The van der Waals surface area contributed by atoms with E-state index in [1.807, 2.05) is 12.1 Å². The molecule has 3 heterocycles. The lowest BCUT2D eigenvalue weighted by atomic mass is 9.87. The van der Waals surface area contributed by atoms with Gasteiger partial charge in [-0.3, -0.25) is 0 Å². The first-order valence-corrected chi connectivity index (χ1v) is 19.0. The van der Waals surface area contributed by atoms with Gasteiger partial charge in [0.2, 0.25) is 0 Å². The van der Waals surface area contributed by atoms with Crippen LogP contribution in [0.4, 0.5) is 0 Å². The van der Waals surface area contributed by atoms with Crippen molar-refractivity contribution in [3.8, 4) is 16.8 Å². The summed E-state index contributed by atoms with van der Waals surface area (Å²) in [5, 5.41) is 4.73. The van der Waals surface area contributed by atoms with Gasteiger partial charge in [0.25, 0.3) is 0 Å². The summed E-state index contributed by atoms with van der Waals surface area (Å²) in [4.78, 5) is 9.38. The molecule has 1 atom stereocenters. The van der Waals surface area contributed by atoms with Crippen molar-refractivity contribution >= 4 is 55.3 Å². The van der Waals surface area contributed by atoms with E-state index in [4.69, 9.17) is 9.41 Å². The second-order valence-corrected chi connectivity index (χ2v) is 14.5. The molecular formula is C50H40N3O+. The number of fused-ring (bicyclic) bond motifs is 6. The van der Waals surface area contributed by atoms with Gasteiger partial charge in [-0.05, 0) is 95.0 Å². The zero-order chi connectivity index (χ0) is 36.2. The second-order valence-electron chi connectivity index (χ2n) is 14.5. The van der Waals surface area contributed by atoms with Crippen LogP contribution in [0.5, 0.6) is 0 Å². The molecule has 2 aliphatic rings. The average molecular weight is 699 g/mol. The number of furan rings is 1. The lowest BCUT2D eigenvalue weighted by Gasteiger charge is -2.17. The van der Waals surface area contributed by atoms with E-state index >= 15 is 0 Å². The van der Waals surface area contributed by atoms with E-state index < -0.39 is 0 Å². The van der Waals surface area contributed by atoms with Gasteiger partial charge in [0.15, 0.2) is 5.70 Å². The fraction of sp³-hybridized carbons (Fsp3) is 0.120. The molecule has 0 bridgehead atoms. The van der Waals surface area contributed by atoms with Crippen molar-refractivity contribution in [1.29, 1.82) is 0 Å². The Bertz CT molecular complexity index is 2930. The molecule has 0 radical (unpaired) electrons. The molecule has 0 spiro atoms. The van der Waals surface area contributed by atoms with E-state index in [1.54, 1.807) is 0 Å². The van der Waals surface area contributed by atoms with E-state index in [0.29, 0.717) is 5.92 Å². The highest BCUT2D eigenvalue weighted by molar-refractivity contribution is 6.12. The van der Waals surface area contributed by atoms with Crippen molar-refractivity contribution in [3.05, 3.63) is 186 Å². The summed E-state index contributed by atoms with van der Waals surface area (Å²) >= 11 is 0. The van der Waals surface area contributed by atoms with E-state index in [9.17, 15) is 0 Å². The number of rotatable bonds is 6. The third-order valence-corrected chi connectivity index (χ3v) is 11.2. The molecule has 0 saturated heterocycles. The number of benzene rings is 6. The van der Waals surface area contributed by atoms with Crippen molar-refractivity contribution in [3.63, 3.8) is 0 Å². The third kappa shape index (κ3) is 5.45. The Kier molecular flexibility index (Phi) is 7.83. The summed E-state index contributed by atoms with van der Waals surface area (Å²) < 4.78 is 8.54. The first-order chi connectivity index (χ1) is 26.6. The number of aromatic nitrogens is 1. The monoisotopic (exact) mass is 698 g/mol. The van der Waals surface area contributed by atoms with Crippen molar-refractivity contribution in [1.82, 2.24) is 4.57 Å². The molecule has 4 heteroatoms. The average Bonchev–Trinajstić information content (AvgIpc) is 3.69. The Labute approximate surface area is 314 Å². The topological polar surface area (TPSA) is 44.4 Å². The summed E-state index contributed by atoms with van der Waals surface area (Å²) in [6, 6.07) is 50.0. The normalized spacial score (nSPS) is 16.3. The first-order valence-electron chi connectivity index (χ1n) is 19.0. The third-order valence-electron chi connectivity index (χ3n) is 11.2. The van der Waals surface area contributed by atoms with Crippen LogP contribution in [0.2, 0.25) is 0 Å². The molecule has 1 aliphatic carbocycles. The van der Waals surface area contributed by atoms with Crippen LogP contribution in [0.1, 0.15) is 44.2 Å². The van der Waals surface area contributed by atoms with Gasteiger partial charge in [0, 0.05) is 44.8 Å². The minimum Gasteiger partial charge on any atom is -0.456 e. The van der Waals surface area contributed by atoms with Gasteiger partial charge >= 0.3 is 5.84 Å². The van der Waals surface area contributed by atoms with Crippen LogP contribution in [-0.2, 0) is 0 Å². The summed E-state index contributed by atoms with van der Waals surface area (Å²) in [5.41, 5.74) is 14.8. The predicted octanol–water partition coefficient (Wildman–Crippen LogP) is 11.3. The lowest BCUT2D eigenvalue weighted by Crippen LogP contribution is -2.77. The van der Waals surface area contributed by atoms with Gasteiger partial charge in [-0.2, -0.15) is 0 Å². The minimum atomic E-state index is 0.407. The van der Waals surface area contributed by atoms with Crippen LogP contribution < -0.4 is 4.99 Å². The zero-order valence-electron chi connectivity index (χ0n) is 30.5. The Morgan fingerprint density at radius 3 is 2.24 bits per heavy atom. The van der Waals surface area contributed by atoms with Crippen molar-refractivity contribution in [2.45, 2.75) is 33.1 Å². The molecule has 1 unspecified atom stereocenters. The van der Waals surface area contributed by atoms with Crippen LogP contribution >= 0.6 is 0 Å². The number of allylic oxidation sites excluding steroid dienone is 5. The standard InChI is InChI=1S/C50H39N3O/c1-3-33-31-44(34-15-5-4-6-16-34)51-50(52-49(33)39-19-8-7-14-32(39)2)37-17-13-18-38(28-37)53-45-22-11-9-20-40(45)42-29-35(24-26-46(42)53)36-25-27-48-43(30-36)41-21-10-12-23-47(41)54-48/h4-13,15-30,32H,3,14,31H2,1-2H3/p+1. The molecule has 0 saturated carbocycles. The minimum absolute atomic E-state index is 0.407. The maximum Gasteiger partial charge on any atom is 0.329 e. The molecular weight excluding hydrogens is 659 g/mol. The maximum absolute atomic E-state index is 6.14. The highest BCUT2D eigenvalue weighted by Crippen LogP contribution is 2.38. The fourth-order valence-corrected chi connectivity index (χ4v) is 8.40. The molecule has 1 aliphatic heterocycles. The van der Waals surface area contributed by atoms with Gasteiger partial charge < -0.3 is 8.98 Å². The van der Waals surface area contributed by atoms with Crippen LogP contribution in [0.3, 0.4) is 0 Å². The summed E-state index contributed by atoms with van der Waals surface area (Å²) in [6.07, 6.45) is 9.52. The van der Waals surface area contributed by atoms with E-state index in [2.05, 4.69) is 169 Å². The van der Waals surface area contributed by atoms with Gasteiger partial charge in [-0.15, -0.1) is 0 Å². The highest BCUT2D eigenvalue weighted by atomic mass is 16.3. The molecule has 54 heavy (non-hydrogen) atoms. The number of nitrogens with zero attached hydrogens (tertiary/aromatic N) is 2. The number of nitrogens with one attached hydrogen (secondary N) is 1. The SMILES string of the molecule is CCC1=C(C2=CC=CCC2C)N=C(c2cccc(-n3c4ccccc4c4cc(-c5ccc6oc7ccccc7c6c5)ccc43)c2)[NH+]=C(c2ccccc2)C1. The van der Waals surface area contributed by atoms with Crippen LogP contribution in [-0.4, -0.2) is 16.1 Å². The first kappa shape index (κ1) is 32.2. The fourth-order valence-electron chi connectivity index (χ4n) is 8.40. The number of aliphatic imine (C=N–C) groups is 1. The number of amidine groups is 1. The maximum atomic E-state index is 6.14. The van der Waals surface area contributed by atoms with Crippen molar-refractivity contribution in [2.24, 2.45) is 10.9 Å². The van der Waals surface area contributed by atoms with Crippen LogP contribution in [0.25, 0.3) is 60.6 Å². The van der Waals surface area contributed by atoms with E-state index in [0.717, 1.165) is 64.0 Å². The molecule has 0 amide bonds. The summed E-state index contributed by atoms with van der Waals surface area (Å²) in [7, 11) is 0. The van der Waals surface area contributed by atoms with Gasteiger partial charge in [0.1, 0.15) is 16.9 Å². The Morgan fingerprint density at radius 1 is 0.667 bits per heavy atom. The molecule has 6 aromatic carbocycles. The largest absolute Gasteiger partial charge is 0.456 e. The van der Waals surface area contributed by atoms with Crippen molar-refractivity contribution in [2.75, 3.05) is 0 Å². The predicted molar refractivity (Wildman–Crippen MR) is 224 cm³/mol. The van der Waals surface area contributed by atoms with Crippen molar-refractivity contribution < 1.29 is 9.41 Å². The number of para-hydroxylation sites is 2. The Balaban J connectivity index is 1.12. The summed E-state index contributed by atoms with van der Waals surface area (Å²) in [6.45, 7) is 4.57. The second kappa shape index (κ2) is 13.2. The Morgan fingerprint density at radius 2 is 1.39 bits per heavy atom. The highest BCUT2D eigenvalue weighted by Gasteiger charge is 2.29. The molecule has 8 aromatic rings. The zero-order valence-corrected chi connectivity index (χ0v) is 30.5. The molecule has 2 aromatic heterocycles. The van der Waals surface area contributed by atoms with E-state index in [-0.39, 0.29) is 0 Å². The van der Waals surface area contributed by atoms with Gasteiger partial charge in [-0.1, -0.05) is 117 Å². The van der Waals surface area contributed by atoms with Crippen LogP contribution in [0.15, 0.2) is 184 Å².